The zero-order chi connectivity index (χ0) is 24.9. The molecule has 2 fully saturated rings. The summed E-state index contributed by atoms with van der Waals surface area (Å²) in [5.41, 5.74) is 8.41. The number of rotatable bonds is 8. The average molecular weight is 529 g/mol. The first kappa shape index (κ1) is 29.9. The molecule has 0 aromatic heterocycles. The van der Waals surface area contributed by atoms with Crippen molar-refractivity contribution in [3.63, 3.8) is 0 Å². The molecule has 2 aliphatic heterocycles. The Morgan fingerprint density at radius 2 is 1.92 bits per heavy atom. The number of carbonyl (C=O) groups excluding carboxylic acids is 1. The number of nitrogens with two attached hydrogens (primary N) is 1. The van der Waals surface area contributed by atoms with Crippen LogP contribution in [0.3, 0.4) is 0 Å². The number of hydrogen-bond acceptors (Lipinski definition) is 5. The second-order valence-corrected chi connectivity index (χ2v) is 8.94. The molecular weight excluding hydrogens is 491 g/mol. The molecule has 3 atom stereocenters. The molecule has 0 saturated carbocycles. The number of hydrogen-bond donors (Lipinski definition) is 1. The number of likely N-dealkylation sites (tertiary alicyclic amines) is 1. The summed E-state index contributed by atoms with van der Waals surface area (Å²) in [4.78, 5) is 16.2. The average Bonchev–Trinajstić information content (AvgIpc) is 3.35. The van der Waals surface area contributed by atoms with Crippen molar-refractivity contribution in [3.8, 4) is 6.07 Å². The predicted molar refractivity (Wildman–Crippen MR) is 138 cm³/mol. The smallest absolute Gasteiger partial charge is 0.455 e. The third kappa shape index (κ3) is 9.28. The van der Waals surface area contributed by atoms with E-state index < -0.39 is 0 Å². The summed E-state index contributed by atoms with van der Waals surface area (Å²) in [6.45, 7) is 8.95. The molecule has 7 heteroatoms. The Morgan fingerprint density at radius 1 is 1.22 bits per heavy atom. The number of benzene rings is 2. The number of morpholine rings is 1. The van der Waals surface area contributed by atoms with Gasteiger partial charge in [0.25, 0.3) is 0 Å². The number of carbonyl (C=O) groups is 1. The Balaban J connectivity index is 0.000000247. The fourth-order valence-electron chi connectivity index (χ4n) is 4.51. The van der Waals surface area contributed by atoms with Crippen LogP contribution in [0.25, 0.3) is 0 Å². The maximum Gasteiger partial charge on any atom is 3.00 e. The van der Waals surface area contributed by atoms with Crippen molar-refractivity contribution in [2.24, 2.45) is 5.73 Å². The van der Waals surface area contributed by atoms with Crippen LogP contribution in [0.4, 0.5) is 0 Å². The van der Waals surface area contributed by atoms with Crippen molar-refractivity contribution < 1.29 is 26.6 Å². The van der Waals surface area contributed by atoms with E-state index in [4.69, 9.17) is 15.7 Å². The van der Waals surface area contributed by atoms with E-state index in [-0.39, 0.29) is 35.4 Å². The molecule has 1 amide bonds. The molecule has 2 saturated heterocycles. The van der Waals surface area contributed by atoms with Gasteiger partial charge in [0.15, 0.2) is 0 Å². The van der Waals surface area contributed by atoms with E-state index in [0.717, 1.165) is 37.8 Å². The number of ether oxygens (including phenoxy) is 1. The molecule has 36 heavy (non-hydrogen) atoms. The van der Waals surface area contributed by atoms with E-state index >= 15 is 0 Å². The van der Waals surface area contributed by atoms with Crippen molar-refractivity contribution in [2.45, 2.75) is 50.2 Å². The van der Waals surface area contributed by atoms with Crippen LogP contribution < -0.4 is 5.73 Å². The number of nitrogens with zero attached hydrogens (tertiary/aromatic N) is 3. The van der Waals surface area contributed by atoms with Gasteiger partial charge in [0.1, 0.15) is 0 Å². The van der Waals surface area contributed by atoms with Gasteiger partial charge in [0.05, 0.1) is 25.2 Å². The van der Waals surface area contributed by atoms with Crippen LogP contribution in [0.5, 0.6) is 0 Å². The number of nitriles is 1. The Kier molecular flexibility index (Phi) is 13.6. The molecule has 0 radical (unpaired) electrons. The molecule has 2 aromatic rings. The first-order valence-corrected chi connectivity index (χ1v) is 12.4. The molecule has 2 heterocycles. The maximum atomic E-state index is 12.0. The Labute approximate surface area is 227 Å². The summed E-state index contributed by atoms with van der Waals surface area (Å²) in [7, 11) is 0. The molecule has 0 aliphatic carbocycles. The van der Waals surface area contributed by atoms with E-state index in [9.17, 15) is 4.79 Å². The predicted octanol–water partition coefficient (Wildman–Crippen LogP) is 4.11. The zero-order valence-corrected chi connectivity index (χ0v) is 22.0. The van der Waals surface area contributed by atoms with Gasteiger partial charge in [-0.05, 0) is 42.6 Å². The summed E-state index contributed by atoms with van der Waals surface area (Å²) in [5, 5.41) is 8.52. The van der Waals surface area contributed by atoms with Crippen LogP contribution >= 0.6 is 0 Å². The molecule has 0 bridgehead atoms. The van der Waals surface area contributed by atoms with Gasteiger partial charge in [0, 0.05) is 12.6 Å². The van der Waals surface area contributed by atoms with Crippen LogP contribution in [-0.2, 0) is 33.0 Å². The summed E-state index contributed by atoms with van der Waals surface area (Å²) < 4.78 is 5.45. The van der Waals surface area contributed by atoms with Gasteiger partial charge in [-0.25, -0.2) is 5.26 Å². The quantitative estimate of drug-likeness (QED) is 0.412. The van der Waals surface area contributed by atoms with Gasteiger partial charge in [-0.15, -0.1) is 0 Å². The van der Waals surface area contributed by atoms with E-state index in [0.29, 0.717) is 31.8 Å². The van der Waals surface area contributed by atoms with Crippen LogP contribution in [0.1, 0.15) is 42.9 Å². The Morgan fingerprint density at radius 3 is 2.53 bits per heavy atom. The molecule has 0 spiro atoms. The minimum Gasteiger partial charge on any atom is -0.455 e. The standard InChI is InChI=1S/C15H22N2.C14H15N2O2.Mn/c1-2-15(17-11-10-14(16)12-17)9-8-13-6-4-3-5-7-13;15-8-4-7-14(17)16-9-10-18-11-13(16)12-5-2-1-3-6-12;/h3-7,11,14-15H,1-2,8-10,12,16H2;1-3,5-7,13H,4,9-11H2;/q-2;-1;+3/t14-,15?;13-;/m11./s1. The van der Waals surface area contributed by atoms with Crippen LogP contribution in [-0.4, -0.2) is 54.1 Å². The fraction of sp³-hybridized carbons (Fsp3) is 0.414. The Hall–Kier alpha value is -2.33. The molecule has 1 unspecified atom stereocenters. The monoisotopic (exact) mass is 528 g/mol. The first-order valence-electron chi connectivity index (χ1n) is 12.4. The molecule has 2 aromatic carbocycles. The van der Waals surface area contributed by atoms with Crippen molar-refractivity contribution in [1.82, 2.24) is 9.80 Å². The summed E-state index contributed by atoms with van der Waals surface area (Å²) in [6, 6.07) is 23.3. The molecule has 192 valence electrons. The third-order valence-corrected chi connectivity index (χ3v) is 6.46. The largest absolute Gasteiger partial charge is 3.00 e. The molecule has 2 N–H and O–H groups in total. The maximum absolute atomic E-state index is 12.0. The second-order valence-electron chi connectivity index (χ2n) is 8.94. The van der Waals surface area contributed by atoms with Crippen LogP contribution in [0.2, 0.25) is 0 Å². The van der Waals surface area contributed by atoms with E-state index in [1.807, 2.05) is 36.4 Å². The van der Waals surface area contributed by atoms with Crippen LogP contribution in [0, 0.1) is 31.2 Å². The topological polar surface area (TPSA) is 82.6 Å². The SMILES string of the molecule is N#CC[CH-]C(=O)N1CCOC[C@@H]1c1ccccc1.[CH2-]CC(CCc1ccccc1)N1[CH-]C[C@@H](N)C1.[Mn+3]. The van der Waals surface area contributed by atoms with Gasteiger partial charge >= 0.3 is 17.1 Å². The molecule has 6 nitrogen and oxygen atoms in total. The van der Waals surface area contributed by atoms with Gasteiger partial charge < -0.3 is 32.0 Å². The third-order valence-electron chi connectivity index (χ3n) is 6.46. The fourth-order valence-corrected chi connectivity index (χ4v) is 4.51. The van der Waals surface area contributed by atoms with Crippen molar-refractivity contribution in [1.29, 1.82) is 5.26 Å². The van der Waals surface area contributed by atoms with Crippen molar-refractivity contribution in [2.75, 3.05) is 26.3 Å². The van der Waals surface area contributed by atoms with Gasteiger partial charge in [-0.1, -0.05) is 67.1 Å². The van der Waals surface area contributed by atoms with Crippen molar-refractivity contribution in [3.05, 3.63) is 91.7 Å². The van der Waals surface area contributed by atoms with Crippen LogP contribution in [0.15, 0.2) is 60.7 Å². The van der Waals surface area contributed by atoms with Crippen molar-refractivity contribution >= 4 is 5.91 Å². The number of amides is 1. The first-order chi connectivity index (χ1) is 17.1. The van der Waals surface area contributed by atoms with E-state index in [1.54, 1.807) is 4.90 Å². The summed E-state index contributed by atoms with van der Waals surface area (Å²) in [6.07, 6.45) is 5.84. The van der Waals surface area contributed by atoms with Gasteiger partial charge in [-0.3, -0.25) is 13.0 Å². The summed E-state index contributed by atoms with van der Waals surface area (Å²) >= 11 is 0. The van der Waals surface area contributed by atoms with Gasteiger partial charge in [0.2, 0.25) is 0 Å². The van der Waals surface area contributed by atoms with Gasteiger partial charge in [-0.2, -0.15) is 12.8 Å². The van der Waals surface area contributed by atoms with E-state index in [2.05, 4.69) is 48.7 Å². The minimum absolute atomic E-state index is 0. The molecule has 4 rings (SSSR count). The minimum atomic E-state index is -0.0892. The Bertz CT molecular complexity index is 922. The molecular formula is C29H37MnN4O2. The normalized spacial score (nSPS) is 20.3. The second kappa shape index (κ2) is 16.4. The molecule has 2 aliphatic rings. The number of aryl methyl sites for hydroxylation is 1. The zero-order valence-electron chi connectivity index (χ0n) is 20.8. The summed E-state index contributed by atoms with van der Waals surface area (Å²) in [5.74, 6) is -0.0892. The van der Waals surface area contributed by atoms with E-state index in [1.165, 1.54) is 12.0 Å².